The molecule has 3 heteroatoms. The van der Waals surface area contributed by atoms with Crippen LogP contribution in [0.4, 0.5) is 11.4 Å². The fraction of sp³-hybridized carbons (Fsp3) is 0.538. The van der Waals surface area contributed by atoms with Crippen molar-refractivity contribution in [1.82, 2.24) is 0 Å². The molecule has 3 N–H and O–H groups in total. The number of aryl methyl sites for hydroxylation is 1. The van der Waals surface area contributed by atoms with Crippen LogP contribution in [-0.2, 0) is 4.74 Å². The Morgan fingerprint density at radius 3 is 3.06 bits per heavy atom. The summed E-state index contributed by atoms with van der Waals surface area (Å²) in [7, 11) is 0. The van der Waals surface area contributed by atoms with E-state index in [-0.39, 0.29) is 0 Å². The van der Waals surface area contributed by atoms with Crippen molar-refractivity contribution < 1.29 is 4.74 Å². The van der Waals surface area contributed by atoms with Gasteiger partial charge in [0.05, 0.1) is 17.5 Å². The highest BCUT2D eigenvalue weighted by Gasteiger charge is 2.14. The molecule has 1 aromatic carbocycles. The van der Waals surface area contributed by atoms with Crippen molar-refractivity contribution in [2.24, 2.45) is 0 Å². The van der Waals surface area contributed by atoms with Crippen molar-refractivity contribution in [3.05, 3.63) is 23.8 Å². The zero-order valence-corrected chi connectivity index (χ0v) is 9.83. The molecule has 1 saturated heterocycles. The van der Waals surface area contributed by atoms with Crippen LogP contribution >= 0.6 is 0 Å². The second-order valence-corrected chi connectivity index (χ2v) is 4.44. The van der Waals surface area contributed by atoms with Crippen molar-refractivity contribution in [2.75, 3.05) is 24.2 Å². The first-order chi connectivity index (χ1) is 7.75. The zero-order chi connectivity index (χ0) is 11.4. The van der Waals surface area contributed by atoms with E-state index in [2.05, 4.69) is 11.4 Å². The molecule has 1 aromatic rings. The Bertz CT molecular complexity index is 346. The van der Waals surface area contributed by atoms with Gasteiger partial charge in [-0.1, -0.05) is 6.07 Å². The van der Waals surface area contributed by atoms with Gasteiger partial charge in [0.25, 0.3) is 0 Å². The second-order valence-electron chi connectivity index (χ2n) is 4.44. The van der Waals surface area contributed by atoms with Gasteiger partial charge in [0.15, 0.2) is 0 Å². The minimum absolute atomic E-state index is 0.444. The Labute approximate surface area is 97.0 Å². The van der Waals surface area contributed by atoms with Gasteiger partial charge in [-0.15, -0.1) is 0 Å². The Kier molecular flexibility index (Phi) is 3.67. The molecule has 0 aromatic heterocycles. The molecule has 0 saturated carbocycles. The molecule has 1 heterocycles. The van der Waals surface area contributed by atoms with E-state index >= 15 is 0 Å². The lowest BCUT2D eigenvalue weighted by molar-refractivity contribution is 0.107. The van der Waals surface area contributed by atoms with E-state index in [1.807, 2.05) is 19.1 Å². The summed E-state index contributed by atoms with van der Waals surface area (Å²) in [5, 5.41) is 3.36. The molecule has 1 aliphatic heterocycles. The summed E-state index contributed by atoms with van der Waals surface area (Å²) in [6, 6.07) is 6.11. The van der Waals surface area contributed by atoms with Gasteiger partial charge in [0.1, 0.15) is 0 Å². The standard InChI is InChI=1S/C13H20N2O/c1-10-4-5-13(12(14)9-10)15-7-6-11-3-2-8-16-11/h4-5,9,11,15H,2-3,6-8,14H2,1H3. The maximum atomic E-state index is 5.92. The van der Waals surface area contributed by atoms with Crippen molar-refractivity contribution >= 4 is 11.4 Å². The van der Waals surface area contributed by atoms with Gasteiger partial charge >= 0.3 is 0 Å². The molecule has 0 radical (unpaired) electrons. The summed E-state index contributed by atoms with van der Waals surface area (Å²) in [4.78, 5) is 0. The van der Waals surface area contributed by atoms with Crippen molar-refractivity contribution in [3.8, 4) is 0 Å². The minimum atomic E-state index is 0.444. The quantitative estimate of drug-likeness (QED) is 0.767. The molecular formula is C13H20N2O. The molecule has 0 bridgehead atoms. The largest absolute Gasteiger partial charge is 0.397 e. The van der Waals surface area contributed by atoms with Gasteiger partial charge in [-0.2, -0.15) is 0 Å². The van der Waals surface area contributed by atoms with Gasteiger partial charge in [0, 0.05) is 13.2 Å². The Balaban J connectivity index is 1.80. The first kappa shape index (κ1) is 11.3. The van der Waals surface area contributed by atoms with Crippen LogP contribution in [0.1, 0.15) is 24.8 Å². The molecule has 1 unspecified atom stereocenters. The monoisotopic (exact) mass is 220 g/mol. The van der Waals surface area contributed by atoms with Crippen molar-refractivity contribution in [2.45, 2.75) is 32.3 Å². The molecular weight excluding hydrogens is 200 g/mol. The Morgan fingerprint density at radius 2 is 2.38 bits per heavy atom. The van der Waals surface area contributed by atoms with E-state index in [1.165, 1.54) is 18.4 Å². The third kappa shape index (κ3) is 2.89. The topological polar surface area (TPSA) is 47.3 Å². The van der Waals surface area contributed by atoms with E-state index in [9.17, 15) is 0 Å². The normalized spacial score (nSPS) is 19.9. The third-order valence-corrected chi connectivity index (χ3v) is 3.01. The molecule has 0 amide bonds. The van der Waals surface area contributed by atoms with Crippen LogP contribution in [0.25, 0.3) is 0 Å². The molecule has 3 nitrogen and oxygen atoms in total. The van der Waals surface area contributed by atoms with Gasteiger partial charge in [0.2, 0.25) is 0 Å². The van der Waals surface area contributed by atoms with Crippen LogP contribution in [-0.4, -0.2) is 19.3 Å². The second kappa shape index (κ2) is 5.21. The van der Waals surface area contributed by atoms with Crippen LogP contribution in [0.15, 0.2) is 18.2 Å². The first-order valence-electron chi connectivity index (χ1n) is 5.97. The molecule has 1 aliphatic rings. The highest BCUT2D eigenvalue weighted by atomic mass is 16.5. The molecule has 0 spiro atoms. The zero-order valence-electron chi connectivity index (χ0n) is 9.83. The lowest BCUT2D eigenvalue weighted by atomic mass is 10.1. The lowest BCUT2D eigenvalue weighted by Gasteiger charge is -2.12. The number of rotatable bonds is 4. The number of ether oxygens (including phenoxy) is 1. The molecule has 0 aliphatic carbocycles. The maximum absolute atomic E-state index is 5.92. The first-order valence-corrected chi connectivity index (χ1v) is 5.97. The van der Waals surface area contributed by atoms with Gasteiger partial charge in [-0.25, -0.2) is 0 Å². The average molecular weight is 220 g/mol. The minimum Gasteiger partial charge on any atom is -0.397 e. The van der Waals surface area contributed by atoms with E-state index < -0.39 is 0 Å². The number of anilines is 2. The summed E-state index contributed by atoms with van der Waals surface area (Å²) in [6.07, 6.45) is 3.91. The number of nitrogens with two attached hydrogens (primary N) is 1. The number of nitrogens with one attached hydrogen (secondary N) is 1. The van der Waals surface area contributed by atoms with Gasteiger partial charge in [-0.05, 0) is 43.9 Å². The van der Waals surface area contributed by atoms with Crippen molar-refractivity contribution in [3.63, 3.8) is 0 Å². The fourth-order valence-electron chi connectivity index (χ4n) is 2.08. The van der Waals surface area contributed by atoms with Gasteiger partial charge < -0.3 is 15.8 Å². The van der Waals surface area contributed by atoms with E-state index in [1.54, 1.807) is 0 Å². The molecule has 2 rings (SSSR count). The van der Waals surface area contributed by atoms with Crippen LogP contribution in [0.5, 0.6) is 0 Å². The third-order valence-electron chi connectivity index (χ3n) is 3.01. The molecule has 88 valence electrons. The van der Waals surface area contributed by atoms with Crippen LogP contribution < -0.4 is 11.1 Å². The van der Waals surface area contributed by atoms with E-state index in [0.29, 0.717) is 6.10 Å². The van der Waals surface area contributed by atoms with Crippen molar-refractivity contribution in [1.29, 1.82) is 0 Å². The average Bonchev–Trinajstić information content (AvgIpc) is 2.74. The Morgan fingerprint density at radius 1 is 1.50 bits per heavy atom. The van der Waals surface area contributed by atoms with E-state index in [0.717, 1.165) is 30.9 Å². The maximum Gasteiger partial charge on any atom is 0.0592 e. The summed E-state index contributed by atoms with van der Waals surface area (Å²) in [5.41, 5.74) is 8.98. The molecule has 16 heavy (non-hydrogen) atoms. The summed E-state index contributed by atoms with van der Waals surface area (Å²) >= 11 is 0. The summed E-state index contributed by atoms with van der Waals surface area (Å²) in [6.45, 7) is 3.90. The molecule has 1 fully saturated rings. The Hall–Kier alpha value is -1.22. The van der Waals surface area contributed by atoms with E-state index in [4.69, 9.17) is 10.5 Å². The smallest absolute Gasteiger partial charge is 0.0592 e. The number of hydrogen-bond donors (Lipinski definition) is 2. The van der Waals surface area contributed by atoms with Crippen LogP contribution in [0, 0.1) is 6.92 Å². The summed E-state index contributed by atoms with van der Waals surface area (Å²) < 4.78 is 5.57. The fourth-order valence-corrected chi connectivity index (χ4v) is 2.08. The van der Waals surface area contributed by atoms with Gasteiger partial charge in [-0.3, -0.25) is 0 Å². The highest BCUT2D eigenvalue weighted by molar-refractivity contribution is 5.66. The number of hydrogen-bond acceptors (Lipinski definition) is 3. The SMILES string of the molecule is Cc1ccc(NCCC2CCCO2)c(N)c1. The highest BCUT2D eigenvalue weighted by Crippen LogP contribution is 2.20. The predicted octanol–water partition coefficient (Wildman–Crippen LogP) is 2.56. The lowest BCUT2D eigenvalue weighted by Crippen LogP contribution is -2.13. The molecule has 1 atom stereocenters. The van der Waals surface area contributed by atoms with Crippen LogP contribution in [0.2, 0.25) is 0 Å². The summed E-state index contributed by atoms with van der Waals surface area (Å²) in [5.74, 6) is 0. The van der Waals surface area contributed by atoms with Crippen LogP contribution in [0.3, 0.4) is 0 Å². The number of benzene rings is 1. The number of nitrogen functional groups attached to an aromatic ring is 1. The predicted molar refractivity (Wildman–Crippen MR) is 67.7 cm³/mol.